The topological polar surface area (TPSA) is 58.5 Å². The molecule has 0 saturated heterocycles. The number of hydrogen-bond acceptors (Lipinski definition) is 4. The molecule has 0 aliphatic rings. The molecule has 0 fully saturated rings. The van der Waals surface area contributed by atoms with Crippen LogP contribution in [0.3, 0.4) is 0 Å². The van der Waals surface area contributed by atoms with Gasteiger partial charge in [-0.15, -0.1) is 35.3 Å². The number of aliphatic imine (C=N–C) groups is 1. The maximum absolute atomic E-state index is 12.3. The molecular formula is C17H23F2IN4OS. The predicted octanol–water partition coefficient (Wildman–Crippen LogP) is 4.23. The van der Waals surface area contributed by atoms with E-state index in [1.54, 1.807) is 23.5 Å². The number of halogens is 3. The Bertz CT molecular complexity index is 725. The zero-order chi connectivity index (χ0) is 18.2. The molecule has 1 aromatic carbocycles. The molecule has 26 heavy (non-hydrogen) atoms. The summed E-state index contributed by atoms with van der Waals surface area (Å²) in [4.78, 5) is 10.1. The van der Waals surface area contributed by atoms with E-state index in [4.69, 9.17) is 0 Å². The lowest BCUT2D eigenvalue weighted by molar-refractivity contribution is -0.0498. The maximum Gasteiger partial charge on any atom is 0.387 e. The first-order chi connectivity index (χ1) is 12.0. The standard InChI is InChI=1S/C17H22F2N4OS.HI/c1-4-20-17(22-10-15-11(2)23-12(3)25-15)21-9-13-6-5-7-14(8-13)24-16(18)19;/h5-8,16H,4,9-10H2,1-3H3,(H2,20,21,22);1H. The van der Waals surface area contributed by atoms with Crippen molar-refractivity contribution in [2.75, 3.05) is 6.54 Å². The van der Waals surface area contributed by atoms with Crippen molar-refractivity contribution >= 4 is 41.3 Å². The predicted molar refractivity (Wildman–Crippen MR) is 112 cm³/mol. The fourth-order valence-corrected chi connectivity index (χ4v) is 3.11. The lowest BCUT2D eigenvalue weighted by Gasteiger charge is -2.11. The Morgan fingerprint density at radius 2 is 2.08 bits per heavy atom. The summed E-state index contributed by atoms with van der Waals surface area (Å²) < 4.78 is 29.0. The Morgan fingerprint density at radius 1 is 1.31 bits per heavy atom. The summed E-state index contributed by atoms with van der Waals surface area (Å²) in [7, 11) is 0. The van der Waals surface area contributed by atoms with Gasteiger partial charge in [0.05, 0.1) is 23.8 Å². The molecule has 0 atom stereocenters. The van der Waals surface area contributed by atoms with Crippen LogP contribution in [-0.2, 0) is 13.1 Å². The molecule has 0 spiro atoms. The summed E-state index contributed by atoms with van der Waals surface area (Å²) >= 11 is 1.65. The smallest absolute Gasteiger partial charge is 0.387 e. The van der Waals surface area contributed by atoms with Gasteiger partial charge >= 0.3 is 6.61 Å². The van der Waals surface area contributed by atoms with Crippen LogP contribution in [0.15, 0.2) is 29.3 Å². The van der Waals surface area contributed by atoms with Crippen molar-refractivity contribution in [2.45, 2.75) is 40.5 Å². The Morgan fingerprint density at radius 3 is 2.69 bits per heavy atom. The van der Waals surface area contributed by atoms with Crippen LogP contribution in [0, 0.1) is 13.8 Å². The van der Waals surface area contributed by atoms with E-state index in [9.17, 15) is 8.78 Å². The number of thiazole rings is 1. The van der Waals surface area contributed by atoms with Gasteiger partial charge in [0.1, 0.15) is 5.75 Å². The van der Waals surface area contributed by atoms with Gasteiger partial charge in [-0.1, -0.05) is 12.1 Å². The lowest BCUT2D eigenvalue weighted by atomic mass is 10.2. The molecule has 0 unspecified atom stereocenters. The first kappa shape index (κ1) is 22.6. The van der Waals surface area contributed by atoms with Crippen LogP contribution in [0.25, 0.3) is 0 Å². The van der Waals surface area contributed by atoms with Gasteiger partial charge in [-0.2, -0.15) is 8.78 Å². The molecule has 0 aliphatic heterocycles. The molecule has 9 heteroatoms. The number of hydrogen-bond donors (Lipinski definition) is 2. The number of nitrogens with zero attached hydrogens (tertiary/aromatic N) is 2. The molecule has 0 amide bonds. The third-order valence-electron chi connectivity index (χ3n) is 3.30. The summed E-state index contributed by atoms with van der Waals surface area (Å²) in [5, 5.41) is 7.47. The van der Waals surface area contributed by atoms with Crippen LogP contribution in [-0.4, -0.2) is 24.1 Å². The highest BCUT2D eigenvalue weighted by molar-refractivity contribution is 14.0. The molecule has 2 aromatic rings. The Kier molecular flexibility index (Phi) is 9.78. The summed E-state index contributed by atoms with van der Waals surface area (Å²) in [6.07, 6.45) is 0. The molecule has 2 N–H and O–H groups in total. The highest BCUT2D eigenvalue weighted by atomic mass is 127. The summed E-state index contributed by atoms with van der Waals surface area (Å²) in [6.45, 7) is 4.84. The summed E-state index contributed by atoms with van der Waals surface area (Å²) in [6, 6.07) is 6.56. The normalized spacial score (nSPS) is 11.2. The van der Waals surface area contributed by atoms with E-state index in [0.717, 1.165) is 27.7 Å². The number of ether oxygens (including phenoxy) is 1. The molecule has 2 rings (SSSR count). The van der Waals surface area contributed by atoms with Crippen LogP contribution in [0.2, 0.25) is 0 Å². The Balaban J connectivity index is 0.00000338. The van der Waals surface area contributed by atoms with E-state index >= 15 is 0 Å². The van der Waals surface area contributed by atoms with E-state index in [2.05, 4.69) is 25.3 Å². The number of aryl methyl sites for hydroxylation is 2. The summed E-state index contributed by atoms with van der Waals surface area (Å²) in [5.74, 6) is 0.796. The molecule has 1 heterocycles. The average Bonchev–Trinajstić information content (AvgIpc) is 2.87. The molecule has 1 aromatic heterocycles. The van der Waals surface area contributed by atoms with E-state index in [1.165, 1.54) is 6.07 Å². The van der Waals surface area contributed by atoms with Gasteiger partial charge in [0.25, 0.3) is 0 Å². The second kappa shape index (κ2) is 11.3. The van der Waals surface area contributed by atoms with Crippen LogP contribution >= 0.6 is 35.3 Å². The largest absolute Gasteiger partial charge is 0.435 e. The quantitative estimate of drug-likeness (QED) is 0.342. The van der Waals surface area contributed by atoms with Gasteiger partial charge in [0.15, 0.2) is 5.96 Å². The second-order valence-corrected chi connectivity index (χ2v) is 6.60. The fraction of sp³-hybridized carbons (Fsp3) is 0.412. The van der Waals surface area contributed by atoms with Crippen molar-refractivity contribution in [1.82, 2.24) is 15.6 Å². The van der Waals surface area contributed by atoms with E-state index in [1.807, 2.05) is 26.8 Å². The molecule has 0 bridgehead atoms. The molecular weight excluding hydrogens is 473 g/mol. The van der Waals surface area contributed by atoms with Crippen LogP contribution in [0.5, 0.6) is 5.75 Å². The van der Waals surface area contributed by atoms with Gasteiger partial charge in [-0.3, -0.25) is 0 Å². The minimum absolute atomic E-state index is 0. The lowest BCUT2D eigenvalue weighted by Crippen LogP contribution is -2.36. The van der Waals surface area contributed by atoms with Crippen molar-refractivity contribution in [1.29, 1.82) is 0 Å². The summed E-state index contributed by atoms with van der Waals surface area (Å²) in [5.41, 5.74) is 1.81. The number of guanidine groups is 1. The monoisotopic (exact) mass is 496 g/mol. The number of rotatable bonds is 7. The van der Waals surface area contributed by atoms with Crippen molar-refractivity contribution in [3.8, 4) is 5.75 Å². The number of benzene rings is 1. The maximum atomic E-state index is 12.3. The van der Waals surface area contributed by atoms with E-state index in [-0.39, 0.29) is 29.7 Å². The molecule has 0 aliphatic carbocycles. The van der Waals surface area contributed by atoms with Gasteiger partial charge in [-0.25, -0.2) is 9.98 Å². The first-order valence-electron chi connectivity index (χ1n) is 7.96. The minimum atomic E-state index is -2.83. The third kappa shape index (κ3) is 7.40. The van der Waals surface area contributed by atoms with Crippen molar-refractivity contribution in [3.63, 3.8) is 0 Å². The Labute approximate surface area is 173 Å². The zero-order valence-corrected chi connectivity index (χ0v) is 18.0. The SMILES string of the molecule is CCNC(=NCc1cccc(OC(F)F)c1)NCc1sc(C)nc1C.I. The van der Waals surface area contributed by atoms with Crippen LogP contribution in [0.1, 0.15) is 28.1 Å². The van der Waals surface area contributed by atoms with Crippen molar-refractivity contribution in [3.05, 3.63) is 45.4 Å². The van der Waals surface area contributed by atoms with Gasteiger partial charge in [-0.05, 0) is 38.5 Å². The van der Waals surface area contributed by atoms with E-state index in [0.29, 0.717) is 19.0 Å². The Hall–Kier alpha value is -1.49. The van der Waals surface area contributed by atoms with Crippen LogP contribution in [0.4, 0.5) is 8.78 Å². The molecule has 5 nitrogen and oxygen atoms in total. The fourth-order valence-electron chi connectivity index (χ4n) is 2.23. The van der Waals surface area contributed by atoms with Crippen molar-refractivity contribution in [2.24, 2.45) is 4.99 Å². The van der Waals surface area contributed by atoms with Gasteiger partial charge < -0.3 is 15.4 Å². The van der Waals surface area contributed by atoms with Gasteiger partial charge in [0.2, 0.25) is 0 Å². The third-order valence-corrected chi connectivity index (χ3v) is 4.38. The zero-order valence-electron chi connectivity index (χ0n) is 14.9. The minimum Gasteiger partial charge on any atom is -0.435 e. The number of aromatic nitrogens is 1. The molecule has 0 radical (unpaired) electrons. The average molecular weight is 496 g/mol. The van der Waals surface area contributed by atoms with Crippen molar-refractivity contribution < 1.29 is 13.5 Å². The van der Waals surface area contributed by atoms with Crippen LogP contribution < -0.4 is 15.4 Å². The van der Waals surface area contributed by atoms with Gasteiger partial charge in [0, 0.05) is 11.4 Å². The molecule has 0 saturated carbocycles. The number of alkyl halides is 2. The van der Waals surface area contributed by atoms with E-state index < -0.39 is 6.61 Å². The first-order valence-corrected chi connectivity index (χ1v) is 8.78. The number of nitrogens with one attached hydrogen (secondary N) is 2. The highest BCUT2D eigenvalue weighted by Crippen LogP contribution is 2.17. The highest BCUT2D eigenvalue weighted by Gasteiger charge is 2.07. The second-order valence-electron chi connectivity index (χ2n) is 5.32. The molecule has 144 valence electrons.